The molecule has 0 saturated heterocycles. The number of rotatable bonds is 4. The zero-order valence-corrected chi connectivity index (χ0v) is 12.7. The summed E-state index contributed by atoms with van der Waals surface area (Å²) in [6, 6.07) is 8.88. The molecule has 1 aliphatic rings. The van der Waals surface area contributed by atoms with E-state index in [1.165, 1.54) is 30.6 Å². The van der Waals surface area contributed by atoms with E-state index in [1.54, 1.807) is 0 Å². The predicted octanol–water partition coefficient (Wildman–Crippen LogP) is 4.60. The molecule has 0 radical (unpaired) electrons. The summed E-state index contributed by atoms with van der Waals surface area (Å²) in [5.41, 5.74) is 0. The minimum atomic E-state index is 0.647. The van der Waals surface area contributed by atoms with Crippen LogP contribution in [-0.2, 0) is 0 Å². The SMILES string of the molecule is CCC1CCC(NC)C(Sc2ccc(Cl)cc2)C1. The smallest absolute Gasteiger partial charge is 0.0406 e. The first-order chi connectivity index (χ1) is 8.72. The molecule has 3 atom stereocenters. The van der Waals surface area contributed by atoms with Gasteiger partial charge < -0.3 is 5.32 Å². The second kappa shape index (κ2) is 6.83. The van der Waals surface area contributed by atoms with E-state index < -0.39 is 0 Å². The Morgan fingerprint density at radius 2 is 2.00 bits per heavy atom. The van der Waals surface area contributed by atoms with Gasteiger partial charge in [-0.1, -0.05) is 24.9 Å². The third kappa shape index (κ3) is 3.66. The van der Waals surface area contributed by atoms with Gasteiger partial charge in [0.15, 0.2) is 0 Å². The van der Waals surface area contributed by atoms with Gasteiger partial charge >= 0.3 is 0 Å². The van der Waals surface area contributed by atoms with Gasteiger partial charge in [0.1, 0.15) is 0 Å². The fraction of sp³-hybridized carbons (Fsp3) is 0.600. The molecule has 0 aliphatic heterocycles. The fourth-order valence-electron chi connectivity index (χ4n) is 2.73. The van der Waals surface area contributed by atoms with Crippen molar-refractivity contribution in [3.63, 3.8) is 0 Å². The minimum absolute atomic E-state index is 0.647. The summed E-state index contributed by atoms with van der Waals surface area (Å²) in [7, 11) is 2.09. The summed E-state index contributed by atoms with van der Waals surface area (Å²) in [4.78, 5) is 1.33. The molecular weight excluding hydrogens is 262 g/mol. The molecule has 1 saturated carbocycles. The summed E-state index contributed by atoms with van der Waals surface area (Å²) < 4.78 is 0. The van der Waals surface area contributed by atoms with Gasteiger partial charge in [0.05, 0.1) is 0 Å². The molecule has 1 N–H and O–H groups in total. The largest absolute Gasteiger partial charge is 0.316 e. The lowest BCUT2D eigenvalue weighted by Crippen LogP contribution is -2.40. The van der Waals surface area contributed by atoms with Crippen molar-refractivity contribution in [3.05, 3.63) is 29.3 Å². The third-order valence-corrected chi connectivity index (χ3v) is 5.57. The normalized spacial score (nSPS) is 28.3. The van der Waals surface area contributed by atoms with Gasteiger partial charge in [-0.15, -0.1) is 11.8 Å². The van der Waals surface area contributed by atoms with E-state index in [1.807, 2.05) is 23.9 Å². The van der Waals surface area contributed by atoms with Crippen LogP contribution in [0.5, 0.6) is 0 Å². The Morgan fingerprint density at radius 3 is 2.61 bits per heavy atom. The van der Waals surface area contributed by atoms with E-state index in [9.17, 15) is 0 Å². The molecule has 2 rings (SSSR count). The van der Waals surface area contributed by atoms with Crippen LogP contribution in [0.25, 0.3) is 0 Å². The molecule has 3 heteroatoms. The standard InChI is InChI=1S/C15H22ClNS/c1-3-11-4-9-14(17-2)15(10-11)18-13-7-5-12(16)6-8-13/h5-8,11,14-15,17H,3-4,9-10H2,1-2H3. The Bertz CT molecular complexity index is 365. The molecule has 100 valence electrons. The van der Waals surface area contributed by atoms with Crippen molar-refractivity contribution in [2.75, 3.05) is 7.05 Å². The number of hydrogen-bond donors (Lipinski definition) is 1. The maximum absolute atomic E-state index is 5.93. The van der Waals surface area contributed by atoms with Crippen molar-refractivity contribution in [1.29, 1.82) is 0 Å². The summed E-state index contributed by atoms with van der Waals surface area (Å²) in [6.45, 7) is 2.31. The quantitative estimate of drug-likeness (QED) is 0.867. The van der Waals surface area contributed by atoms with Gasteiger partial charge in [0, 0.05) is 21.2 Å². The Balaban J connectivity index is 2.02. The van der Waals surface area contributed by atoms with Crippen LogP contribution in [0.2, 0.25) is 5.02 Å². The fourth-order valence-corrected chi connectivity index (χ4v) is 4.30. The Hall–Kier alpha value is -0.180. The van der Waals surface area contributed by atoms with Gasteiger partial charge in [0.2, 0.25) is 0 Å². The maximum Gasteiger partial charge on any atom is 0.0406 e. The van der Waals surface area contributed by atoms with Crippen LogP contribution in [-0.4, -0.2) is 18.3 Å². The number of nitrogens with one attached hydrogen (secondary N) is 1. The summed E-state index contributed by atoms with van der Waals surface area (Å²) in [6.07, 6.45) is 5.32. The van der Waals surface area contributed by atoms with E-state index >= 15 is 0 Å². The van der Waals surface area contributed by atoms with E-state index in [0.29, 0.717) is 11.3 Å². The van der Waals surface area contributed by atoms with Crippen LogP contribution in [0, 0.1) is 5.92 Å². The molecule has 1 aromatic rings. The zero-order valence-electron chi connectivity index (χ0n) is 11.2. The molecule has 3 unspecified atom stereocenters. The maximum atomic E-state index is 5.93. The molecule has 0 heterocycles. The van der Waals surface area contributed by atoms with Crippen molar-refractivity contribution >= 4 is 23.4 Å². The molecule has 0 amide bonds. The summed E-state index contributed by atoms with van der Waals surface area (Å²) in [5, 5.41) is 4.99. The first-order valence-corrected chi connectivity index (χ1v) is 8.08. The summed E-state index contributed by atoms with van der Waals surface area (Å²) in [5.74, 6) is 0.902. The highest BCUT2D eigenvalue weighted by atomic mass is 35.5. The molecule has 18 heavy (non-hydrogen) atoms. The Kier molecular flexibility index (Phi) is 5.40. The lowest BCUT2D eigenvalue weighted by molar-refractivity contribution is 0.304. The van der Waals surface area contributed by atoms with Gasteiger partial charge in [-0.3, -0.25) is 0 Å². The number of halogens is 1. The number of thioether (sulfide) groups is 1. The second-order valence-electron chi connectivity index (χ2n) is 5.09. The van der Waals surface area contributed by atoms with Crippen LogP contribution in [0.1, 0.15) is 32.6 Å². The Morgan fingerprint density at radius 1 is 1.28 bits per heavy atom. The first kappa shape index (κ1) is 14.2. The zero-order chi connectivity index (χ0) is 13.0. The van der Waals surface area contributed by atoms with Gasteiger partial charge in [-0.05, 0) is 56.5 Å². The predicted molar refractivity (Wildman–Crippen MR) is 81.6 cm³/mol. The van der Waals surface area contributed by atoms with E-state index in [-0.39, 0.29) is 0 Å². The van der Waals surface area contributed by atoms with Crippen molar-refractivity contribution in [2.24, 2.45) is 5.92 Å². The molecule has 1 nitrogen and oxygen atoms in total. The van der Waals surface area contributed by atoms with Crippen LogP contribution in [0.4, 0.5) is 0 Å². The topological polar surface area (TPSA) is 12.0 Å². The lowest BCUT2D eigenvalue weighted by atomic mass is 9.84. The van der Waals surface area contributed by atoms with Crippen LogP contribution in [0.15, 0.2) is 29.2 Å². The minimum Gasteiger partial charge on any atom is -0.316 e. The second-order valence-corrected chi connectivity index (χ2v) is 6.84. The highest BCUT2D eigenvalue weighted by Crippen LogP contribution is 2.37. The summed E-state index contributed by atoms with van der Waals surface area (Å²) >= 11 is 7.94. The number of hydrogen-bond acceptors (Lipinski definition) is 2. The third-order valence-electron chi connectivity index (χ3n) is 3.95. The molecule has 0 aromatic heterocycles. The molecular formula is C15H22ClNS. The average molecular weight is 284 g/mol. The molecule has 0 spiro atoms. The van der Waals surface area contributed by atoms with Crippen molar-refractivity contribution in [3.8, 4) is 0 Å². The van der Waals surface area contributed by atoms with Crippen LogP contribution in [0.3, 0.4) is 0 Å². The van der Waals surface area contributed by atoms with Crippen LogP contribution < -0.4 is 5.32 Å². The molecule has 1 aromatic carbocycles. The molecule has 1 aliphatic carbocycles. The van der Waals surface area contributed by atoms with Gasteiger partial charge in [0.25, 0.3) is 0 Å². The highest BCUT2D eigenvalue weighted by Gasteiger charge is 2.29. The lowest BCUT2D eigenvalue weighted by Gasteiger charge is -2.35. The van der Waals surface area contributed by atoms with Crippen molar-refractivity contribution in [2.45, 2.75) is 48.8 Å². The van der Waals surface area contributed by atoms with Gasteiger partial charge in [-0.2, -0.15) is 0 Å². The number of benzene rings is 1. The van der Waals surface area contributed by atoms with E-state index in [2.05, 4.69) is 31.4 Å². The van der Waals surface area contributed by atoms with Crippen molar-refractivity contribution in [1.82, 2.24) is 5.32 Å². The molecule has 1 fully saturated rings. The molecule has 0 bridgehead atoms. The van der Waals surface area contributed by atoms with Gasteiger partial charge in [-0.25, -0.2) is 0 Å². The Labute approximate surface area is 120 Å². The van der Waals surface area contributed by atoms with Crippen molar-refractivity contribution < 1.29 is 0 Å². The van der Waals surface area contributed by atoms with E-state index in [4.69, 9.17) is 11.6 Å². The van der Waals surface area contributed by atoms with Crippen LogP contribution >= 0.6 is 23.4 Å². The average Bonchev–Trinajstić information content (AvgIpc) is 2.41. The highest BCUT2D eigenvalue weighted by molar-refractivity contribution is 8.00. The monoisotopic (exact) mass is 283 g/mol. The first-order valence-electron chi connectivity index (χ1n) is 6.82. The van der Waals surface area contributed by atoms with E-state index in [0.717, 1.165) is 10.9 Å².